The van der Waals surface area contributed by atoms with E-state index in [1.165, 1.54) is 6.92 Å². The summed E-state index contributed by atoms with van der Waals surface area (Å²) < 4.78 is 0.827. The first kappa shape index (κ1) is 15.3. The zero-order valence-corrected chi connectivity index (χ0v) is 13.0. The minimum atomic E-state index is -1.28. The quantitative estimate of drug-likeness (QED) is 0.613. The maximum Gasteiger partial charge on any atom is 0.181 e. The molecule has 0 aliphatic carbocycles. The molecule has 0 spiro atoms. The topological polar surface area (TPSA) is 51.2 Å². The molecule has 0 fully saturated rings. The van der Waals surface area contributed by atoms with E-state index in [4.69, 9.17) is 0 Å². The lowest BCUT2D eigenvalue weighted by molar-refractivity contribution is -0.118. The van der Waals surface area contributed by atoms with Gasteiger partial charge in [-0.2, -0.15) is 0 Å². The molecular formula is C17H13BrO3. The largest absolute Gasteiger partial charge is 0.299 e. The molecule has 0 unspecified atom stereocenters. The summed E-state index contributed by atoms with van der Waals surface area (Å²) in [5.41, 5.74) is 0.714. The Morgan fingerprint density at radius 1 is 0.810 bits per heavy atom. The van der Waals surface area contributed by atoms with Crippen molar-refractivity contribution >= 4 is 33.3 Å². The first-order valence-corrected chi connectivity index (χ1v) is 7.19. The van der Waals surface area contributed by atoms with Crippen molar-refractivity contribution < 1.29 is 14.4 Å². The van der Waals surface area contributed by atoms with E-state index in [0.29, 0.717) is 11.1 Å². The molecular weight excluding hydrogens is 332 g/mol. The van der Waals surface area contributed by atoms with Crippen molar-refractivity contribution in [2.24, 2.45) is 5.92 Å². The molecule has 0 aromatic heterocycles. The van der Waals surface area contributed by atoms with Crippen molar-refractivity contribution in [2.45, 2.75) is 6.92 Å². The monoisotopic (exact) mass is 344 g/mol. The molecule has 0 radical (unpaired) electrons. The molecule has 0 N–H and O–H groups in total. The molecule has 0 aliphatic rings. The van der Waals surface area contributed by atoms with Gasteiger partial charge in [0.05, 0.1) is 0 Å². The Labute approximate surface area is 131 Å². The van der Waals surface area contributed by atoms with Gasteiger partial charge in [-0.1, -0.05) is 58.4 Å². The first-order valence-electron chi connectivity index (χ1n) is 6.40. The Hall–Kier alpha value is -2.07. The van der Waals surface area contributed by atoms with Crippen LogP contribution < -0.4 is 0 Å². The summed E-state index contributed by atoms with van der Waals surface area (Å²) >= 11 is 3.28. The van der Waals surface area contributed by atoms with Gasteiger partial charge in [0.1, 0.15) is 11.7 Å². The number of carbonyl (C=O) groups is 3. The summed E-state index contributed by atoms with van der Waals surface area (Å²) in [6, 6.07) is 15.0. The Morgan fingerprint density at radius 3 is 1.76 bits per heavy atom. The van der Waals surface area contributed by atoms with Gasteiger partial charge in [0.2, 0.25) is 0 Å². The van der Waals surface area contributed by atoms with E-state index in [1.807, 2.05) is 0 Å². The minimum Gasteiger partial charge on any atom is -0.299 e. The molecule has 2 aromatic carbocycles. The van der Waals surface area contributed by atoms with Gasteiger partial charge in [-0.25, -0.2) is 0 Å². The fraction of sp³-hybridized carbons (Fsp3) is 0.118. The van der Waals surface area contributed by atoms with Crippen LogP contribution in [0.15, 0.2) is 59.1 Å². The van der Waals surface area contributed by atoms with Crippen LogP contribution in [0.4, 0.5) is 0 Å². The maximum absolute atomic E-state index is 12.5. The van der Waals surface area contributed by atoms with Crippen LogP contribution in [0.25, 0.3) is 0 Å². The van der Waals surface area contributed by atoms with Gasteiger partial charge in [-0.05, 0) is 19.1 Å². The lowest BCUT2D eigenvalue weighted by Gasteiger charge is -2.12. The molecule has 0 bridgehead atoms. The third-order valence-electron chi connectivity index (χ3n) is 3.12. The van der Waals surface area contributed by atoms with E-state index < -0.39 is 23.3 Å². The summed E-state index contributed by atoms with van der Waals surface area (Å²) in [6.45, 7) is 1.27. The van der Waals surface area contributed by atoms with E-state index >= 15 is 0 Å². The van der Waals surface area contributed by atoms with Crippen molar-refractivity contribution in [1.29, 1.82) is 0 Å². The summed E-state index contributed by atoms with van der Waals surface area (Å²) in [4.78, 5) is 36.7. The van der Waals surface area contributed by atoms with Crippen LogP contribution in [0, 0.1) is 5.92 Å². The highest BCUT2D eigenvalue weighted by Gasteiger charge is 2.32. The molecule has 0 saturated heterocycles. The van der Waals surface area contributed by atoms with E-state index in [-0.39, 0.29) is 0 Å². The minimum absolute atomic E-state index is 0.350. The molecule has 106 valence electrons. The Kier molecular flexibility index (Phi) is 4.81. The molecule has 2 rings (SSSR count). The molecule has 3 nitrogen and oxygen atoms in total. The molecule has 2 aromatic rings. The van der Waals surface area contributed by atoms with Crippen molar-refractivity contribution in [3.8, 4) is 0 Å². The molecule has 4 heteroatoms. The maximum atomic E-state index is 12.5. The summed E-state index contributed by atoms with van der Waals surface area (Å²) in [5, 5.41) is 0. The normalized spacial score (nSPS) is 11.7. The second-order valence-electron chi connectivity index (χ2n) is 4.65. The number of carbonyl (C=O) groups excluding carboxylic acids is 3. The van der Waals surface area contributed by atoms with Crippen LogP contribution in [0.2, 0.25) is 0 Å². The molecule has 0 saturated carbocycles. The fourth-order valence-corrected chi connectivity index (χ4v) is 2.30. The van der Waals surface area contributed by atoms with Gasteiger partial charge in [0, 0.05) is 15.6 Å². The lowest BCUT2D eigenvalue weighted by Crippen LogP contribution is -2.30. The number of halogens is 1. The van der Waals surface area contributed by atoms with Crippen LogP contribution in [0.5, 0.6) is 0 Å². The second-order valence-corrected chi connectivity index (χ2v) is 5.56. The van der Waals surface area contributed by atoms with Gasteiger partial charge >= 0.3 is 0 Å². The Morgan fingerprint density at radius 2 is 1.29 bits per heavy atom. The van der Waals surface area contributed by atoms with Gasteiger partial charge in [-0.3, -0.25) is 14.4 Å². The number of hydrogen-bond donors (Lipinski definition) is 0. The predicted molar refractivity (Wildman–Crippen MR) is 83.4 cm³/mol. The Bertz CT molecular complexity index is 675. The van der Waals surface area contributed by atoms with Gasteiger partial charge in [0.25, 0.3) is 0 Å². The van der Waals surface area contributed by atoms with Crippen molar-refractivity contribution in [3.05, 3.63) is 70.2 Å². The van der Waals surface area contributed by atoms with Crippen LogP contribution in [0.3, 0.4) is 0 Å². The Balaban J connectivity index is 2.35. The molecule has 0 amide bonds. The standard InChI is InChI=1S/C17H13BrO3/c1-11(19)15(16(20)12-5-3-2-4-6-12)17(21)13-7-9-14(18)10-8-13/h2-10,15H,1H3/t15-/m0/s1. The number of ketones is 3. The van der Waals surface area contributed by atoms with Gasteiger partial charge in [-0.15, -0.1) is 0 Å². The number of benzene rings is 2. The zero-order chi connectivity index (χ0) is 15.4. The van der Waals surface area contributed by atoms with Crippen LogP contribution in [-0.2, 0) is 4.79 Å². The fourth-order valence-electron chi connectivity index (χ4n) is 2.04. The van der Waals surface area contributed by atoms with E-state index in [2.05, 4.69) is 15.9 Å². The summed E-state index contributed by atoms with van der Waals surface area (Å²) in [5.74, 6) is -2.66. The summed E-state index contributed by atoms with van der Waals surface area (Å²) in [7, 11) is 0. The van der Waals surface area contributed by atoms with Crippen LogP contribution in [0.1, 0.15) is 27.6 Å². The average molecular weight is 345 g/mol. The lowest BCUT2D eigenvalue weighted by atomic mass is 9.87. The van der Waals surface area contributed by atoms with E-state index in [9.17, 15) is 14.4 Å². The number of hydrogen-bond acceptors (Lipinski definition) is 3. The molecule has 1 atom stereocenters. The van der Waals surface area contributed by atoms with Crippen LogP contribution >= 0.6 is 15.9 Å². The highest BCUT2D eigenvalue weighted by molar-refractivity contribution is 9.10. The van der Waals surface area contributed by atoms with Crippen molar-refractivity contribution in [2.75, 3.05) is 0 Å². The molecule has 0 aliphatic heterocycles. The average Bonchev–Trinajstić information content (AvgIpc) is 2.48. The third-order valence-corrected chi connectivity index (χ3v) is 3.65. The SMILES string of the molecule is CC(=O)[C@@H](C(=O)c1ccccc1)C(=O)c1ccc(Br)cc1. The molecule has 21 heavy (non-hydrogen) atoms. The van der Waals surface area contributed by atoms with Crippen LogP contribution in [-0.4, -0.2) is 17.3 Å². The van der Waals surface area contributed by atoms with Crippen molar-refractivity contribution in [1.82, 2.24) is 0 Å². The highest BCUT2D eigenvalue weighted by Crippen LogP contribution is 2.18. The van der Waals surface area contributed by atoms with E-state index in [0.717, 1.165) is 4.47 Å². The third kappa shape index (κ3) is 3.52. The smallest absolute Gasteiger partial charge is 0.181 e. The van der Waals surface area contributed by atoms with Gasteiger partial charge in [0.15, 0.2) is 11.6 Å². The first-order chi connectivity index (χ1) is 10.0. The second kappa shape index (κ2) is 6.59. The van der Waals surface area contributed by atoms with E-state index in [1.54, 1.807) is 54.6 Å². The van der Waals surface area contributed by atoms with Gasteiger partial charge < -0.3 is 0 Å². The molecule has 0 heterocycles. The zero-order valence-electron chi connectivity index (χ0n) is 11.4. The predicted octanol–water partition coefficient (Wildman–Crippen LogP) is 3.72. The van der Waals surface area contributed by atoms with Crippen molar-refractivity contribution in [3.63, 3.8) is 0 Å². The number of Topliss-reactive ketones (excluding diaryl/α,β-unsaturated/α-hetero) is 3. The highest BCUT2D eigenvalue weighted by atomic mass is 79.9. The number of rotatable bonds is 5. The summed E-state index contributed by atoms with van der Waals surface area (Å²) in [6.07, 6.45) is 0.